The first-order valence-electron chi connectivity index (χ1n) is 7.80. The van der Waals surface area contributed by atoms with Crippen LogP contribution in [0.25, 0.3) is 0 Å². The van der Waals surface area contributed by atoms with Gasteiger partial charge in [0.15, 0.2) is 12.0 Å². The Balaban J connectivity index is 1.51. The molecule has 2 aliphatic heterocycles. The van der Waals surface area contributed by atoms with Gasteiger partial charge in [-0.15, -0.1) is 0 Å². The summed E-state index contributed by atoms with van der Waals surface area (Å²) < 4.78 is 11.4. The molecule has 0 bridgehead atoms. The van der Waals surface area contributed by atoms with Crippen molar-refractivity contribution in [3.63, 3.8) is 0 Å². The molecule has 2 N–H and O–H groups in total. The predicted octanol–water partition coefficient (Wildman–Crippen LogP) is 2.50. The van der Waals surface area contributed by atoms with Crippen LogP contribution in [0.1, 0.15) is 24.1 Å². The summed E-state index contributed by atoms with van der Waals surface area (Å²) in [6.07, 6.45) is 13.9. The Kier molecular flexibility index (Phi) is 3.81. The minimum Gasteiger partial charge on any atom is -0.463 e. The summed E-state index contributed by atoms with van der Waals surface area (Å²) in [4.78, 5) is 8.68. The standard InChI is InChI=1S/C17H18N4O2/c1-2-4-12(5-3-1)15-9-22-10-16(23-15)21-17-13-6-7-18-8-14(13)19-11-20-17/h1-2,4,9-11,18H,3,5-8H2,(H,19,20,21). The minimum atomic E-state index is 0.539. The Labute approximate surface area is 134 Å². The van der Waals surface area contributed by atoms with E-state index in [1.54, 1.807) is 18.9 Å². The molecule has 0 saturated carbocycles. The van der Waals surface area contributed by atoms with Gasteiger partial charge >= 0.3 is 0 Å². The Morgan fingerprint density at radius 1 is 1.17 bits per heavy atom. The normalized spacial score (nSPS) is 19.6. The van der Waals surface area contributed by atoms with Gasteiger partial charge in [-0.1, -0.05) is 18.2 Å². The fraction of sp³-hybridized carbons (Fsp3) is 0.294. The largest absolute Gasteiger partial charge is 0.463 e. The lowest BCUT2D eigenvalue weighted by Gasteiger charge is -2.22. The number of ether oxygens (including phenoxy) is 2. The van der Waals surface area contributed by atoms with Gasteiger partial charge in [-0.05, 0) is 31.4 Å². The summed E-state index contributed by atoms with van der Waals surface area (Å²) in [5, 5.41) is 6.54. The summed E-state index contributed by atoms with van der Waals surface area (Å²) in [5.41, 5.74) is 3.29. The van der Waals surface area contributed by atoms with Crippen LogP contribution in [0, 0.1) is 0 Å². The van der Waals surface area contributed by atoms with Crippen molar-refractivity contribution >= 4 is 5.82 Å². The highest BCUT2D eigenvalue weighted by Gasteiger charge is 2.19. The zero-order chi connectivity index (χ0) is 15.5. The number of fused-ring (bicyclic) bond motifs is 1. The van der Waals surface area contributed by atoms with Crippen molar-refractivity contribution in [2.24, 2.45) is 0 Å². The molecular formula is C17H18N4O2. The molecule has 0 unspecified atom stereocenters. The van der Waals surface area contributed by atoms with Crippen LogP contribution in [0.15, 0.2) is 54.3 Å². The third kappa shape index (κ3) is 2.98. The number of hydrogen-bond donors (Lipinski definition) is 2. The molecule has 3 heterocycles. The predicted molar refractivity (Wildman–Crippen MR) is 85.9 cm³/mol. The van der Waals surface area contributed by atoms with Gasteiger partial charge in [-0.3, -0.25) is 0 Å². The maximum Gasteiger partial charge on any atom is 0.234 e. The van der Waals surface area contributed by atoms with Gasteiger partial charge in [0.2, 0.25) is 5.88 Å². The van der Waals surface area contributed by atoms with Crippen LogP contribution >= 0.6 is 0 Å². The van der Waals surface area contributed by atoms with E-state index in [9.17, 15) is 0 Å². The Hall–Kier alpha value is -2.60. The molecule has 0 atom stereocenters. The van der Waals surface area contributed by atoms with Gasteiger partial charge < -0.3 is 20.1 Å². The molecular weight excluding hydrogens is 292 g/mol. The highest BCUT2D eigenvalue weighted by atomic mass is 16.6. The first kappa shape index (κ1) is 14.0. The summed E-state index contributed by atoms with van der Waals surface area (Å²) in [5.74, 6) is 2.06. The maximum absolute atomic E-state index is 5.93. The minimum absolute atomic E-state index is 0.539. The summed E-state index contributed by atoms with van der Waals surface area (Å²) in [6, 6.07) is 0. The monoisotopic (exact) mass is 310 g/mol. The quantitative estimate of drug-likeness (QED) is 0.894. The second-order valence-electron chi connectivity index (χ2n) is 5.56. The smallest absolute Gasteiger partial charge is 0.234 e. The number of hydrogen-bond acceptors (Lipinski definition) is 6. The Morgan fingerprint density at radius 2 is 2.17 bits per heavy atom. The van der Waals surface area contributed by atoms with Crippen LogP contribution in [0.3, 0.4) is 0 Å². The summed E-state index contributed by atoms with van der Waals surface area (Å²) in [7, 11) is 0. The van der Waals surface area contributed by atoms with E-state index in [0.717, 1.165) is 60.8 Å². The molecule has 118 valence electrons. The molecule has 1 aromatic rings. The molecule has 0 saturated heterocycles. The van der Waals surface area contributed by atoms with Crippen LogP contribution < -0.4 is 10.6 Å². The van der Waals surface area contributed by atoms with Crippen molar-refractivity contribution in [2.45, 2.75) is 25.8 Å². The van der Waals surface area contributed by atoms with Crippen molar-refractivity contribution in [1.82, 2.24) is 15.3 Å². The Morgan fingerprint density at radius 3 is 3.09 bits per heavy atom. The molecule has 1 aliphatic carbocycles. The molecule has 1 aromatic heterocycles. The number of rotatable bonds is 3. The second-order valence-corrected chi connectivity index (χ2v) is 5.56. The fourth-order valence-corrected chi connectivity index (χ4v) is 2.84. The molecule has 6 heteroatoms. The van der Waals surface area contributed by atoms with Gasteiger partial charge in [0, 0.05) is 12.1 Å². The fourth-order valence-electron chi connectivity index (χ4n) is 2.84. The lowest BCUT2D eigenvalue weighted by Crippen LogP contribution is -2.26. The zero-order valence-electron chi connectivity index (χ0n) is 12.7. The third-order valence-corrected chi connectivity index (χ3v) is 4.02. The van der Waals surface area contributed by atoms with E-state index in [4.69, 9.17) is 9.47 Å². The number of allylic oxidation sites excluding steroid dienone is 4. The van der Waals surface area contributed by atoms with E-state index in [2.05, 4.69) is 32.8 Å². The van der Waals surface area contributed by atoms with E-state index in [0.29, 0.717) is 5.88 Å². The molecule has 3 aliphatic rings. The Bertz CT molecular complexity index is 734. The van der Waals surface area contributed by atoms with Crippen molar-refractivity contribution in [2.75, 3.05) is 11.9 Å². The van der Waals surface area contributed by atoms with Crippen molar-refractivity contribution in [1.29, 1.82) is 0 Å². The number of anilines is 1. The van der Waals surface area contributed by atoms with Gasteiger partial charge in [-0.25, -0.2) is 9.97 Å². The van der Waals surface area contributed by atoms with Crippen LogP contribution in [0.4, 0.5) is 5.82 Å². The zero-order valence-corrected chi connectivity index (χ0v) is 12.7. The summed E-state index contributed by atoms with van der Waals surface area (Å²) >= 11 is 0. The molecule has 0 aromatic carbocycles. The molecule has 0 spiro atoms. The average molecular weight is 310 g/mol. The van der Waals surface area contributed by atoms with Crippen LogP contribution in [0.2, 0.25) is 0 Å². The topological polar surface area (TPSA) is 68.3 Å². The molecule has 0 radical (unpaired) electrons. The van der Waals surface area contributed by atoms with Crippen molar-refractivity contribution in [3.05, 3.63) is 65.6 Å². The first-order valence-corrected chi connectivity index (χ1v) is 7.80. The van der Waals surface area contributed by atoms with Crippen LogP contribution in [0.5, 0.6) is 0 Å². The van der Waals surface area contributed by atoms with E-state index in [1.807, 2.05) is 6.08 Å². The lowest BCUT2D eigenvalue weighted by atomic mass is 10.0. The van der Waals surface area contributed by atoms with E-state index in [1.165, 1.54) is 0 Å². The highest BCUT2D eigenvalue weighted by Crippen LogP contribution is 2.27. The van der Waals surface area contributed by atoms with Crippen LogP contribution in [-0.4, -0.2) is 16.5 Å². The first-order chi connectivity index (χ1) is 11.4. The molecule has 6 nitrogen and oxygen atoms in total. The van der Waals surface area contributed by atoms with Gasteiger partial charge in [0.1, 0.15) is 18.4 Å². The van der Waals surface area contributed by atoms with Crippen molar-refractivity contribution < 1.29 is 9.47 Å². The highest BCUT2D eigenvalue weighted by molar-refractivity contribution is 5.50. The SMILES string of the molecule is C1=CCCC(C2=COC=C(Nc3ncnc4c3CCNC4)O2)=C1. The van der Waals surface area contributed by atoms with E-state index >= 15 is 0 Å². The number of nitrogens with one attached hydrogen (secondary N) is 2. The van der Waals surface area contributed by atoms with Gasteiger partial charge in [-0.2, -0.15) is 0 Å². The van der Waals surface area contributed by atoms with E-state index in [-0.39, 0.29) is 0 Å². The number of nitrogens with zero attached hydrogens (tertiary/aromatic N) is 2. The van der Waals surface area contributed by atoms with Crippen LogP contribution in [-0.2, 0) is 22.4 Å². The second kappa shape index (κ2) is 6.26. The average Bonchev–Trinajstić information content (AvgIpc) is 2.63. The van der Waals surface area contributed by atoms with E-state index < -0.39 is 0 Å². The molecule has 4 rings (SSSR count). The number of aromatic nitrogens is 2. The maximum atomic E-state index is 5.93. The third-order valence-electron chi connectivity index (χ3n) is 4.02. The molecule has 0 fully saturated rings. The lowest BCUT2D eigenvalue weighted by molar-refractivity contribution is 0.233. The van der Waals surface area contributed by atoms with Crippen molar-refractivity contribution in [3.8, 4) is 0 Å². The molecule has 23 heavy (non-hydrogen) atoms. The summed E-state index contributed by atoms with van der Waals surface area (Å²) in [6.45, 7) is 1.70. The van der Waals surface area contributed by atoms with Gasteiger partial charge in [0.25, 0.3) is 0 Å². The molecule has 0 amide bonds. The van der Waals surface area contributed by atoms with Gasteiger partial charge in [0.05, 0.1) is 5.69 Å².